The molecular formula is C6H13NS. The molecule has 0 aliphatic carbocycles. The van der Waals surface area contributed by atoms with Crippen molar-refractivity contribution in [1.82, 2.24) is 5.32 Å². The molecule has 0 bridgehead atoms. The highest BCUT2D eigenvalue weighted by Crippen LogP contribution is 2.30. The van der Waals surface area contributed by atoms with Gasteiger partial charge in [-0.1, -0.05) is 6.92 Å². The Morgan fingerprint density at radius 3 is 2.38 bits per heavy atom. The summed E-state index contributed by atoms with van der Waals surface area (Å²) < 4.78 is 0. The Balaban J connectivity index is 2.44. The van der Waals surface area contributed by atoms with E-state index in [9.17, 15) is 0 Å². The Hall–Kier alpha value is 0.310. The van der Waals surface area contributed by atoms with Crippen molar-refractivity contribution in [3.8, 4) is 0 Å². The van der Waals surface area contributed by atoms with Crippen molar-refractivity contribution in [2.24, 2.45) is 0 Å². The van der Waals surface area contributed by atoms with Crippen LogP contribution in [0.4, 0.5) is 0 Å². The summed E-state index contributed by atoms with van der Waals surface area (Å²) in [6.07, 6.45) is 0. The minimum Gasteiger partial charge on any atom is -0.302 e. The molecule has 1 N–H and O–H groups in total. The molecule has 1 saturated heterocycles. The molecule has 1 heterocycles. The fourth-order valence-electron chi connectivity index (χ4n) is 0.976. The highest BCUT2D eigenvalue weighted by atomic mass is 32.2. The molecule has 0 aromatic heterocycles. The summed E-state index contributed by atoms with van der Waals surface area (Å²) in [5.41, 5.74) is 0. The van der Waals surface area contributed by atoms with Crippen molar-refractivity contribution in [3.05, 3.63) is 0 Å². The molecule has 1 fully saturated rings. The van der Waals surface area contributed by atoms with Gasteiger partial charge < -0.3 is 5.32 Å². The standard InChI is InChI=1S/C6H13NS/c1-5-4-7-6(2,3)8-5/h5,7H,4H2,1-3H3. The topological polar surface area (TPSA) is 12.0 Å². The maximum atomic E-state index is 3.41. The zero-order valence-electron chi connectivity index (χ0n) is 5.69. The normalized spacial score (nSPS) is 35.6. The van der Waals surface area contributed by atoms with E-state index in [4.69, 9.17) is 0 Å². The molecule has 48 valence electrons. The van der Waals surface area contributed by atoms with Crippen LogP contribution in [0.1, 0.15) is 20.8 Å². The van der Waals surface area contributed by atoms with Crippen LogP contribution in [-0.2, 0) is 0 Å². The highest BCUT2D eigenvalue weighted by Gasteiger charge is 2.27. The first-order valence-electron chi connectivity index (χ1n) is 3.03. The Labute approximate surface area is 55.2 Å². The maximum Gasteiger partial charge on any atom is 0.0591 e. The molecular weight excluding hydrogens is 118 g/mol. The predicted molar refractivity (Wildman–Crippen MR) is 39.1 cm³/mol. The molecule has 1 atom stereocenters. The van der Waals surface area contributed by atoms with Crippen LogP contribution < -0.4 is 5.32 Å². The first kappa shape index (κ1) is 6.43. The minimum absolute atomic E-state index is 0.333. The van der Waals surface area contributed by atoms with Gasteiger partial charge in [-0.2, -0.15) is 0 Å². The van der Waals surface area contributed by atoms with Crippen LogP contribution in [0.2, 0.25) is 0 Å². The van der Waals surface area contributed by atoms with Crippen LogP contribution in [-0.4, -0.2) is 16.7 Å². The molecule has 2 heteroatoms. The average molecular weight is 131 g/mol. The number of nitrogens with one attached hydrogen (secondary N) is 1. The predicted octanol–water partition coefficient (Wildman–Crippen LogP) is 1.45. The van der Waals surface area contributed by atoms with Gasteiger partial charge in [0, 0.05) is 11.8 Å². The number of rotatable bonds is 0. The van der Waals surface area contributed by atoms with Gasteiger partial charge in [0.15, 0.2) is 0 Å². The van der Waals surface area contributed by atoms with Gasteiger partial charge in [0.05, 0.1) is 4.87 Å². The van der Waals surface area contributed by atoms with E-state index < -0.39 is 0 Å². The van der Waals surface area contributed by atoms with Gasteiger partial charge >= 0.3 is 0 Å². The number of hydrogen-bond acceptors (Lipinski definition) is 2. The quantitative estimate of drug-likeness (QED) is 0.534. The van der Waals surface area contributed by atoms with Gasteiger partial charge in [-0.25, -0.2) is 0 Å². The zero-order chi connectivity index (χ0) is 6.20. The summed E-state index contributed by atoms with van der Waals surface area (Å²) in [4.78, 5) is 0.333. The summed E-state index contributed by atoms with van der Waals surface area (Å²) >= 11 is 2.01. The van der Waals surface area contributed by atoms with Crippen LogP contribution >= 0.6 is 11.8 Å². The molecule has 8 heavy (non-hydrogen) atoms. The third kappa shape index (κ3) is 1.39. The molecule has 0 radical (unpaired) electrons. The summed E-state index contributed by atoms with van der Waals surface area (Å²) in [7, 11) is 0. The molecule has 0 aromatic carbocycles. The summed E-state index contributed by atoms with van der Waals surface area (Å²) in [6, 6.07) is 0. The van der Waals surface area contributed by atoms with Gasteiger partial charge in [0.25, 0.3) is 0 Å². The molecule has 1 aliphatic rings. The lowest BCUT2D eigenvalue weighted by atomic mass is 10.4. The molecule has 0 saturated carbocycles. The van der Waals surface area contributed by atoms with Crippen molar-refractivity contribution in [2.75, 3.05) is 6.54 Å². The Bertz CT molecular complexity index is 90.5. The second kappa shape index (κ2) is 1.92. The van der Waals surface area contributed by atoms with E-state index in [1.54, 1.807) is 0 Å². The van der Waals surface area contributed by atoms with Gasteiger partial charge in [-0.05, 0) is 13.8 Å². The van der Waals surface area contributed by atoms with Crippen molar-refractivity contribution in [2.45, 2.75) is 30.9 Å². The van der Waals surface area contributed by atoms with Crippen LogP contribution in [0, 0.1) is 0 Å². The Morgan fingerprint density at radius 1 is 1.62 bits per heavy atom. The average Bonchev–Trinajstić information content (AvgIpc) is 1.82. The summed E-state index contributed by atoms with van der Waals surface area (Å²) in [6.45, 7) is 7.87. The third-order valence-electron chi connectivity index (χ3n) is 1.31. The van der Waals surface area contributed by atoms with E-state index in [1.807, 2.05) is 11.8 Å². The van der Waals surface area contributed by atoms with Gasteiger partial charge in [0.2, 0.25) is 0 Å². The van der Waals surface area contributed by atoms with E-state index in [1.165, 1.54) is 0 Å². The van der Waals surface area contributed by atoms with Crippen molar-refractivity contribution in [3.63, 3.8) is 0 Å². The lowest BCUT2D eigenvalue weighted by Gasteiger charge is -2.15. The van der Waals surface area contributed by atoms with E-state index in [0.29, 0.717) is 4.87 Å². The lowest BCUT2D eigenvalue weighted by Crippen LogP contribution is -2.29. The minimum atomic E-state index is 0.333. The van der Waals surface area contributed by atoms with Crippen LogP contribution in [0.25, 0.3) is 0 Å². The second-order valence-electron chi connectivity index (χ2n) is 2.82. The van der Waals surface area contributed by atoms with E-state index in [0.717, 1.165) is 11.8 Å². The van der Waals surface area contributed by atoms with Gasteiger partial charge in [-0.3, -0.25) is 0 Å². The largest absolute Gasteiger partial charge is 0.302 e. The van der Waals surface area contributed by atoms with Crippen molar-refractivity contribution in [1.29, 1.82) is 0 Å². The molecule has 0 aromatic rings. The van der Waals surface area contributed by atoms with E-state index in [-0.39, 0.29) is 0 Å². The number of hydrogen-bond donors (Lipinski definition) is 1. The Morgan fingerprint density at radius 2 is 2.25 bits per heavy atom. The lowest BCUT2D eigenvalue weighted by molar-refractivity contribution is 0.582. The maximum absolute atomic E-state index is 3.41. The fraction of sp³-hybridized carbons (Fsp3) is 1.00. The van der Waals surface area contributed by atoms with Gasteiger partial charge in [-0.15, -0.1) is 11.8 Å². The molecule has 0 amide bonds. The molecule has 0 spiro atoms. The molecule has 1 rings (SSSR count). The molecule has 1 aliphatic heterocycles. The van der Waals surface area contributed by atoms with Gasteiger partial charge in [0.1, 0.15) is 0 Å². The van der Waals surface area contributed by atoms with Crippen molar-refractivity contribution >= 4 is 11.8 Å². The monoisotopic (exact) mass is 131 g/mol. The SMILES string of the molecule is CC1CNC(C)(C)S1. The highest BCUT2D eigenvalue weighted by molar-refractivity contribution is 8.01. The molecule has 1 unspecified atom stereocenters. The smallest absolute Gasteiger partial charge is 0.0591 e. The van der Waals surface area contributed by atoms with Crippen LogP contribution in [0.3, 0.4) is 0 Å². The van der Waals surface area contributed by atoms with E-state index in [2.05, 4.69) is 26.1 Å². The third-order valence-corrected chi connectivity index (χ3v) is 2.61. The Kier molecular flexibility index (Phi) is 1.54. The van der Waals surface area contributed by atoms with Crippen LogP contribution in [0.5, 0.6) is 0 Å². The number of thioether (sulfide) groups is 1. The molecule has 1 nitrogen and oxygen atoms in total. The summed E-state index contributed by atoms with van der Waals surface area (Å²) in [5.74, 6) is 0. The first-order valence-corrected chi connectivity index (χ1v) is 3.91. The fourth-order valence-corrected chi connectivity index (χ4v) is 2.32. The zero-order valence-corrected chi connectivity index (χ0v) is 6.51. The second-order valence-corrected chi connectivity index (χ2v) is 4.88. The van der Waals surface area contributed by atoms with Crippen LogP contribution in [0.15, 0.2) is 0 Å². The summed E-state index contributed by atoms with van der Waals surface area (Å²) in [5, 5.41) is 4.20. The van der Waals surface area contributed by atoms with E-state index >= 15 is 0 Å². The van der Waals surface area contributed by atoms with Crippen molar-refractivity contribution < 1.29 is 0 Å². The first-order chi connectivity index (χ1) is 3.60.